The Bertz CT molecular complexity index is 3690. The molecule has 0 bridgehead atoms. The van der Waals surface area contributed by atoms with Gasteiger partial charge in [0.1, 0.15) is 11.2 Å². The Balaban J connectivity index is 1.15. The van der Waals surface area contributed by atoms with Gasteiger partial charge in [-0.25, -0.2) is 0 Å². The second kappa shape index (κ2) is 10.2. The standard InChI is InChI=1S/C50H29N3O/c1-2-10-35-30(9-1)17-18-31-27-32(19-22-36(31)35)51(33-21-26-48-42(28-33)39-13-5-8-16-47(39)54-48)34-20-25-45-46(29-34)53-44-15-7-4-12-38(44)41-24-23-40-37-11-3-6-14-43(37)52(45)49(40)50(41)53/h1-29H. The summed E-state index contributed by atoms with van der Waals surface area (Å²) in [5.41, 5.74) is 12.3. The van der Waals surface area contributed by atoms with E-state index >= 15 is 0 Å². The van der Waals surface area contributed by atoms with Crippen LogP contribution < -0.4 is 4.90 Å². The van der Waals surface area contributed by atoms with Gasteiger partial charge in [-0.15, -0.1) is 0 Å². The highest BCUT2D eigenvalue weighted by Crippen LogP contribution is 2.45. The van der Waals surface area contributed by atoms with Crippen molar-refractivity contribution in [3.63, 3.8) is 0 Å². The van der Waals surface area contributed by atoms with Gasteiger partial charge in [-0.3, -0.25) is 0 Å². The molecule has 0 fully saturated rings. The van der Waals surface area contributed by atoms with Crippen molar-refractivity contribution in [1.29, 1.82) is 0 Å². The smallest absolute Gasteiger partial charge is 0.135 e. The molecule has 4 heteroatoms. The molecule has 4 aromatic heterocycles. The van der Waals surface area contributed by atoms with Crippen molar-refractivity contribution < 1.29 is 4.42 Å². The van der Waals surface area contributed by atoms with Gasteiger partial charge in [0.15, 0.2) is 0 Å². The fourth-order valence-electron chi connectivity index (χ4n) is 9.46. The Morgan fingerprint density at radius 3 is 1.65 bits per heavy atom. The lowest BCUT2D eigenvalue weighted by Gasteiger charge is -2.27. The summed E-state index contributed by atoms with van der Waals surface area (Å²) in [6.45, 7) is 0. The van der Waals surface area contributed by atoms with Crippen LogP contribution in [0.1, 0.15) is 0 Å². The molecule has 0 saturated heterocycles. The summed E-state index contributed by atoms with van der Waals surface area (Å²) < 4.78 is 11.3. The molecule has 0 spiro atoms. The van der Waals surface area contributed by atoms with Gasteiger partial charge in [-0.05, 0) is 88.3 Å². The van der Waals surface area contributed by atoms with E-state index in [2.05, 4.69) is 177 Å². The molecular formula is C50H29N3O. The topological polar surface area (TPSA) is 25.2 Å². The van der Waals surface area contributed by atoms with E-state index in [1.807, 2.05) is 12.1 Å². The van der Waals surface area contributed by atoms with Crippen molar-refractivity contribution in [2.45, 2.75) is 0 Å². The summed E-state index contributed by atoms with van der Waals surface area (Å²) in [5.74, 6) is 0. The molecule has 0 unspecified atom stereocenters. The van der Waals surface area contributed by atoms with Crippen molar-refractivity contribution in [3.8, 4) is 0 Å². The number of hydrogen-bond acceptors (Lipinski definition) is 2. The van der Waals surface area contributed by atoms with Crippen LogP contribution in [0.4, 0.5) is 17.1 Å². The van der Waals surface area contributed by atoms with Gasteiger partial charge in [0.2, 0.25) is 0 Å². The first-order valence-electron chi connectivity index (χ1n) is 18.5. The lowest BCUT2D eigenvalue weighted by molar-refractivity contribution is 0.669. The minimum absolute atomic E-state index is 0.886. The van der Waals surface area contributed by atoms with E-state index < -0.39 is 0 Å². The number of rotatable bonds is 3. The Kier molecular flexibility index (Phi) is 5.34. The molecule has 0 N–H and O–H groups in total. The molecule has 0 aliphatic heterocycles. The van der Waals surface area contributed by atoms with E-state index in [0.717, 1.165) is 44.5 Å². The molecule has 54 heavy (non-hydrogen) atoms. The average molecular weight is 688 g/mol. The van der Waals surface area contributed by atoms with Crippen LogP contribution in [0, 0.1) is 0 Å². The van der Waals surface area contributed by atoms with Crippen LogP contribution in [-0.2, 0) is 0 Å². The normalized spacial score (nSPS) is 12.4. The molecule has 9 aromatic carbocycles. The summed E-state index contributed by atoms with van der Waals surface area (Å²) in [6.07, 6.45) is 0. The molecule has 0 atom stereocenters. The summed E-state index contributed by atoms with van der Waals surface area (Å²) in [5, 5.41) is 12.3. The maximum Gasteiger partial charge on any atom is 0.135 e. The largest absolute Gasteiger partial charge is 0.456 e. The van der Waals surface area contributed by atoms with Crippen molar-refractivity contribution in [2.75, 3.05) is 4.90 Å². The van der Waals surface area contributed by atoms with Crippen LogP contribution in [0.2, 0.25) is 0 Å². The minimum atomic E-state index is 0.886. The first kappa shape index (κ1) is 28.3. The summed E-state index contributed by atoms with van der Waals surface area (Å²) >= 11 is 0. The van der Waals surface area contributed by atoms with Crippen LogP contribution in [0.3, 0.4) is 0 Å². The molecule has 250 valence electrons. The third-order valence-electron chi connectivity index (χ3n) is 11.8. The highest BCUT2D eigenvalue weighted by molar-refractivity contribution is 6.25. The monoisotopic (exact) mass is 687 g/mol. The number of fused-ring (bicyclic) bond motifs is 15. The maximum atomic E-state index is 6.30. The van der Waals surface area contributed by atoms with Crippen molar-refractivity contribution in [1.82, 2.24) is 8.80 Å². The number of para-hydroxylation sites is 3. The first-order valence-corrected chi connectivity index (χ1v) is 18.5. The van der Waals surface area contributed by atoms with Crippen LogP contribution in [0.5, 0.6) is 0 Å². The number of hydrogen-bond donors (Lipinski definition) is 0. The molecule has 4 nitrogen and oxygen atoms in total. The Labute approximate surface area is 308 Å². The zero-order valence-corrected chi connectivity index (χ0v) is 29.0. The zero-order valence-electron chi connectivity index (χ0n) is 29.0. The molecule has 13 aromatic rings. The third-order valence-corrected chi connectivity index (χ3v) is 11.8. The predicted octanol–water partition coefficient (Wildman–Crippen LogP) is 13.9. The maximum absolute atomic E-state index is 6.30. The average Bonchev–Trinajstić information content (AvgIpc) is 3.89. The zero-order chi connectivity index (χ0) is 35.1. The van der Waals surface area contributed by atoms with Gasteiger partial charge in [0, 0.05) is 49.4 Å². The second-order valence-electron chi connectivity index (χ2n) is 14.5. The Morgan fingerprint density at radius 1 is 0.315 bits per heavy atom. The number of benzene rings is 9. The Hall–Kier alpha value is -7.30. The van der Waals surface area contributed by atoms with E-state index in [-0.39, 0.29) is 0 Å². The van der Waals surface area contributed by atoms with E-state index in [9.17, 15) is 0 Å². The van der Waals surface area contributed by atoms with Gasteiger partial charge in [0.25, 0.3) is 0 Å². The van der Waals surface area contributed by atoms with Gasteiger partial charge in [-0.1, -0.05) is 109 Å². The third kappa shape index (κ3) is 3.61. The van der Waals surface area contributed by atoms with Crippen molar-refractivity contribution >= 4 is 115 Å². The van der Waals surface area contributed by atoms with Gasteiger partial charge < -0.3 is 18.1 Å². The van der Waals surface area contributed by atoms with Crippen molar-refractivity contribution in [3.05, 3.63) is 176 Å². The van der Waals surface area contributed by atoms with Crippen LogP contribution in [0.25, 0.3) is 98.1 Å². The van der Waals surface area contributed by atoms with Crippen molar-refractivity contribution in [2.24, 2.45) is 0 Å². The number of anilines is 3. The second-order valence-corrected chi connectivity index (χ2v) is 14.5. The lowest BCUT2D eigenvalue weighted by atomic mass is 10.0. The molecule has 0 saturated carbocycles. The predicted molar refractivity (Wildman–Crippen MR) is 227 cm³/mol. The number of furan rings is 1. The summed E-state index contributed by atoms with van der Waals surface area (Å²) in [4.78, 5) is 2.41. The molecular weight excluding hydrogens is 659 g/mol. The van der Waals surface area contributed by atoms with E-state index in [4.69, 9.17) is 4.42 Å². The number of aromatic nitrogens is 2. The molecule has 13 rings (SSSR count). The van der Waals surface area contributed by atoms with Gasteiger partial charge in [-0.2, -0.15) is 0 Å². The fraction of sp³-hybridized carbons (Fsp3) is 0. The van der Waals surface area contributed by atoms with E-state index in [1.54, 1.807) is 0 Å². The highest BCUT2D eigenvalue weighted by atomic mass is 16.3. The molecule has 4 heterocycles. The summed E-state index contributed by atoms with van der Waals surface area (Å²) in [7, 11) is 0. The van der Waals surface area contributed by atoms with Crippen LogP contribution >= 0.6 is 0 Å². The molecule has 0 amide bonds. The van der Waals surface area contributed by atoms with Crippen LogP contribution in [-0.4, -0.2) is 8.80 Å². The van der Waals surface area contributed by atoms with Gasteiger partial charge >= 0.3 is 0 Å². The quantitative estimate of drug-likeness (QED) is 0.136. The van der Waals surface area contributed by atoms with Crippen LogP contribution in [0.15, 0.2) is 180 Å². The molecule has 0 aliphatic carbocycles. The Morgan fingerprint density at radius 2 is 0.852 bits per heavy atom. The van der Waals surface area contributed by atoms with Gasteiger partial charge in [0.05, 0.1) is 33.1 Å². The number of nitrogens with zero attached hydrogens (tertiary/aromatic N) is 3. The fourth-order valence-corrected chi connectivity index (χ4v) is 9.46. The molecule has 0 radical (unpaired) electrons. The first-order chi connectivity index (χ1) is 26.8. The summed E-state index contributed by atoms with van der Waals surface area (Å²) in [6, 6.07) is 64.2. The molecule has 0 aliphatic rings. The SMILES string of the molecule is c1ccc2c(c1)ccc1cc(N(c3ccc4oc5ccccc5c4c3)c3ccc4c(c3)n3c5ccccc5c5ccc6c7ccccc7n4c6c53)ccc12. The van der Waals surface area contributed by atoms with E-state index in [1.165, 1.54) is 70.7 Å². The minimum Gasteiger partial charge on any atom is -0.456 e. The lowest BCUT2D eigenvalue weighted by Crippen LogP contribution is -2.10. The van der Waals surface area contributed by atoms with E-state index in [0.29, 0.717) is 0 Å². The highest BCUT2D eigenvalue weighted by Gasteiger charge is 2.23.